The highest BCUT2D eigenvalue weighted by molar-refractivity contribution is 4.83. The molecule has 3 heteroatoms. The van der Waals surface area contributed by atoms with E-state index in [0.717, 1.165) is 26.1 Å². The van der Waals surface area contributed by atoms with Gasteiger partial charge in [0.15, 0.2) is 0 Å². The summed E-state index contributed by atoms with van der Waals surface area (Å²) < 4.78 is 5.89. The van der Waals surface area contributed by atoms with Gasteiger partial charge in [-0.15, -0.1) is 0 Å². The van der Waals surface area contributed by atoms with Crippen molar-refractivity contribution in [2.24, 2.45) is 11.7 Å². The third-order valence-corrected chi connectivity index (χ3v) is 3.27. The van der Waals surface area contributed by atoms with Crippen LogP contribution in [0.2, 0.25) is 0 Å². The van der Waals surface area contributed by atoms with Crippen LogP contribution >= 0.6 is 0 Å². The van der Waals surface area contributed by atoms with E-state index in [9.17, 15) is 0 Å². The SMILES string of the molecule is CC1CN(CCC(N)C(C)C)CC(C)(C)O1. The molecule has 1 aliphatic heterocycles. The van der Waals surface area contributed by atoms with E-state index in [-0.39, 0.29) is 5.60 Å². The lowest BCUT2D eigenvalue weighted by Crippen LogP contribution is -2.52. The second-order valence-corrected chi connectivity index (χ2v) is 6.12. The highest BCUT2D eigenvalue weighted by Crippen LogP contribution is 2.21. The van der Waals surface area contributed by atoms with Crippen LogP contribution in [0.1, 0.15) is 41.0 Å². The predicted molar refractivity (Wildman–Crippen MR) is 68.5 cm³/mol. The van der Waals surface area contributed by atoms with Crippen molar-refractivity contribution in [3.05, 3.63) is 0 Å². The van der Waals surface area contributed by atoms with Gasteiger partial charge < -0.3 is 10.5 Å². The normalized spacial score (nSPS) is 28.3. The summed E-state index contributed by atoms with van der Waals surface area (Å²) in [6.07, 6.45) is 1.42. The van der Waals surface area contributed by atoms with E-state index in [4.69, 9.17) is 10.5 Å². The van der Waals surface area contributed by atoms with Gasteiger partial charge in [0.1, 0.15) is 0 Å². The minimum absolute atomic E-state index is 0.0143. The Balaban J connectivity index is 2.37. The molecular formula is C13H28N2O. The second kappa shape index (κ2) is 5.48. The van der Waals surface area contributed by atoms with E-state index in [1.165, 1.54) is 0 Å². The first kappa shape index (κ1) is 13.9. The second-order valence-electron chi connectivity index (χ2n) is 6.12. The molecule has 1 fully saturated rings. The third-order valence-electron chi connectivity index (χ3n) is 3.27. The molecule has 0 aromatic carbocycles. The minimum Gasteiger partial charge on any atom is -0.370 e. The van der Waals surface area contributed by atoms with Crippen molar-refractivity contribution >= 4 is 0 Å². The lowest BCUT2D eigenvalue weighted by atomic mass is 10.0. The highest BCUT2D eigenvalue weighted by atomic mass is 16.5. The fourth-order valence-electron chi connectivity index (χ4n) is 2.42. The number of morpholine rings is 1. The van der Waals surface area contributed by atoms with Crippen molar-refractivity contribution in [3.8, 4) is 0 Å². The molecule has 1 aliphatic rings. The van der Waals surface area contributed by atoms with Gasteiger partial charge in [-0.3, -0.25) is 4.90 Å². The Hall–Kier alpha value is -0.120. The van der Waals surface area contributed by atoms with Crippen molar-refractivity contribution in [1.82, 2.24) is 4.90 Å². The van der Waals surface area contributed by atoms with Crippen LogP contribution in [0.15, 0.2) is 0 Å². The smallest absolute Gasteiger partial charge is 0.0757 e. The van der Waals surface area contributed by atoms with Crippen molar-refractivity contribution in [1.29, 1.82) is 0 Å². The molecule has 0 bridgehead atoms. The molecule has 0 radical (unpaired) electrons. The van der Waals surface area contributed by atoms with Gasteiger partial charge in [-0.05, 0) is 39.7 Å². The van der Waals surface area contributed by atoms with Crippen LogP contribution in [0, 0.1) is 5.92 Å². The number of hydrogen-bond acceptors (Lipinski definition) is 3. The number of nitrogens with zero attached hydrogens (tertiary/aromatic N) is 1. The summed E-state index contributed by atoms with van der Waals surface area (Å²) >= 11 is 0. The third kappa shape index (κ3) is 4.40. The molecule has 2 unspecified atom stereocenters. The van der Waals surface area contributed by atoms with Crippen molar-refractivity contribution < 1.29 is 4.74 Å². The average Bonchev–Trinajstić information content (AvgIpc) is 2.10. The highest BCUT2D eigenvalue weighted by Gasteiger charge is 2.31. The van der Waals surface area contributed by atoms with Gasteiger partial charge in [-0.25, -0.2) is 0 Å². The molecule has 16 heavy (non-hydrogen) atoms. The number of hydrogen-bond donors (Lipinski definition) is 1. The summed E-state index contributed by atoms with van der Waals surface area (Å²) in [4.78, 5) is 2.48. The topological polar surface area (TPSA) is 38.5 Å². The summed E-state index contributed by atoms with van der Waals surface area (Å²) in [5, 5.41) is 0. The summed E-state index contributed by atoms with van der Waals surface area (Å²) in [7, 11) is 0. The van der Waals surface area contributed by atoms with E-state index >= 15 is 0 Å². The maximum atomic E-state index is 6.08. The zero-order chi connectivity index (χ0) is 12.3. The summed E-state index contributed by atoms with van der Waals surface area (Å²) in [6, 6.07) is 0.321. The molecule has 1 saturated heterocycles. The maximum Gasteiger partial charge on any atom is 0.0757 e. The number of ether oxygens (including phenoxy) is 1. The Labute approximate surface area is 100 Å². The molecule has 0 amide bonds. The Morgan fingerprint density at radius 3 is 2.56 bits per heavy atom. The zero-order valence-electron chi connectivity index (χ0n) is 11.5. The molecule has 2 atom stereocenters. The number of rotatable bonds is 4. The molecule has 1 heterocycles. The van der Waals surface area contributed by atoms with E-state index in [2.05, 4.69) is 39.5 Å². The molecule has 0 aromatic rings. The molecule has 0 saturated carbocycles. The summed E-state index contributed by atoms with van der Waals surface area (Å²) in [5.74, 6) is 0.575. The average molecular weight is 228 g/mol. The Morgan fingerprint density at radius 1 is 1.44 bits per heavy atom. The van der Waals surface area contributed by atoms with E-state index in [1.54, 1.807) is 0 Å². The summed E-state index contributed by atoms with van der Waals surface area (Å²) in [5.41, 5.74) is 6.06. The van der Waals surface area contributed by atoms with Gasteiger partial charge in [0.2, 0.25) is 0 Å². The van der Waals surface area contributed by atoms with E-state index in [1.807, 2.05) is 0 Å². The van der Waals surface area contributed by atoms with Crippen LogP contribution < -0.4 is 5.73 Å². The predicted octanol–water partition coefficient (Wildman–Crippen LogP) is 1.86. The quantitative estimate of drug-likeness (QED) is 0.798. The first-order chi connectivity index (χ1) is 7.30. The standard InChI is InChI=1S/C13H28N2O/c1-10(2)12(14)6-7-15-8-11(3)16-13(4,5)9-15/h10-12H,6-9,14H2,1-5H3. The van der Waals surface area contributed by atoms with Crippen LogP contribution in [0.3, 0.4) is 0 Å². The fraction of sp³-hybridized carbons (Fsp3) is 1.00. The van der Waals surface area contributed by atoms with Gasteiger partial charge in [0.05, 0.1) is 11.7 Å². The molecule has 0 aliphatic carbocycles. The van der Waals surface area contributed by atoms with Gasteiger partial charge in [0.25, 0.3) is 0 Å². The van der Waals surface area contributed by atoms with E-state index < -0.39 is 0 Å². The molecule has 1 rings (SSSR count). The molecule has 0 spiro atoms. The molecule has 0 aromatic heterocycles. The fourth-order valence-corrected chi connectivity index (χ4v) is 2.42. The van der Waals surface area contributed by atoms with Crippen molar-refractivity contribution in [2.45, 2.75) is 58.8 Å². The lowest BCUT2D eigenvalue weighted by Gasteiger charge is -2.42. The van der Waals surface area contributed by atoms with Crippen LogP contribution in [0.5, 0.6) is 0 Å². The van der Waals surface area contributed by atoms with Crippen LogP contribution in [0.25, 0.3) is 0 Å². The van der Waals surface area contributed by atoms with Crippen LogP contribution in [-0.4, -0.2) is 42.3 Å². The number of nitrogens with two attached hydrogens (primary N) is 1. The van der Waals surface area contributed by atoms with Gasteiger partial charge in [0, 0.05) is 19.1 Å². The van der Waals surface area contributed by atoms with Gasteiger partial charge in [-0.2, -0.15) is 0 Å². The van der Waals surface area contributed by atoms with Crippen LogP contribution in [-0.2, 0) is 4.74 Å². The van der Waals surface area contributed by atoms with Crippen molar-refractivity contribution in [3.63, 3.8) is 0 Å². The largest absolute Gasteiger partial charge is 0.370 e. The Kier molecular flexibility index (Phi) is 4.77. The maximum absolute atomic E-state index is 6.08. The lowest BCUT2D eigenvalue weighted by molar-refractivity contribution is -0.129. The monoisotopic (exact) mass is 228 g/mol. The molecule has 96 valence electrons. The zero-order valence-corrected chi connectivity index (χ0v) is 11.5. The van der Waals surface area contributed by atoms with Gasteiger partial charge in [-0.1, -0.05) is 13.8 Å². The minimum atomic E-state index is -0.0143. The van der Waals surface area contributed by atoms with Crippen LogP contribution in [0.4, 0.5) is 0 Å². The molecule has 3 nitrogen and oxygen atoms in total. The molecular weight excluding hydrogens is 200 g/mol. The van der Waals surface area contributed by atoms with Gasteiger partial charge >= 0.3 is 0 Å². The van der Waals surface area contributed by atoms with E-state index in [0.29, 0.717) is 18.1 Å². The van der Waals surface area contributed by atoms with Crippen molar-refractivity contribution in [2.75, 3.05) is 19.6 Å². The first-order valence-corrected chi connectivity index (χ1v) is 6.46. The first-order valence-electron chi connectivity index (χ1n) is 6.46. The Morgan fingerprint density at radius 2 is 2.06 bits per heavy atom. The summed E-state index contributed by atoms with van der Waals surface area (Å²) in [6.45, 7) is 14.0. The molecule has 2 N–H and O–H groups in total. The Bertz CT molecular complexity index is 216.